The van der Waals surface area contributed by atoms with Gasteiger partial charge in [-0.15, -0.1) is 13.2 Å². The number of likely N-dealkylation sites (tertiary alicyclic amines) is 1. The molecule has 0 radical (unpaired) electrons. The zero-order chi connectivity index (χ0) is 17.3. The molecule has 3 rings (SSSR count). The molecule has 1 saturated heterocycles. The molecule has 0 saturated carbocycles. The van der Waals surface area contributed by atoms with Gasteiger partial charge in [0.2, 0.25) is 0 Å². The molecule has 126 valence electrons. The number of aromatic nitrogens is 2. The molecule has 2 heterocycles. The topological polar surface area (TPSA) is 75.2 Å². The first-order valence-electron chi connectivity index (χ1n) is 6.89. The van der Waals surface area contributed by atoms with Crippen molar-refractivity contribution in [3.8, 4) is 23.4 Å². The smallest absolute Gasteiger partial charge is 0.406 e. The number of nitriles is 1. The van der Waals surface area contributed by atoms with Crippen molar-refractivity contribution in [2.45, 2.75) is 18.7 Å². The van der Waals surface area contributed by atoms with Gasteiger partial charge in [-0.3, -0.25) is 0 Å². The number of hydrogen-bond acceptors (Lipinski definition) is 6. The van der Waals surface area contributed by atoms with Gasteiger partial charge in [-0.1, -0.05) is 16.8 Å². The molecule has 1 atom stereocenters. The Labute approximate surface area is 139 Å². The van der Waals surface area contributed by atoms with Crippen LogP contribution in [-0.4, -0.2) is 34.5 Å². The molecule has 2 aromatic rings. The lowest BCUT2D eigenvalue weighted by Crippen LogP contribution is -2.17. The summed E-state index contributed by atoms with van der Waals surface area (Å²) in [5.41, 5.74) is 0.218. The average molecular weight is 359 g/mol. The quantitative estimate of drug-likeness (QED) is 0.781. The van der Waals surface area contributed by atoms with E-state index in [1.807, 2.05) is 6.19 Å². The minimum atomic E-state index is -4.83. The second-order valence-electron chi connectivity index (χ2n) is 5.21. The molecule has 1 aromatic carbocycles. The molecule has 1 aliphatic rings. The molecule has 0 spiro atoms. The number of ether oxygens (including phenoxy) is 1. The fraction of sp³-hybridized carbons (Fsp3) is 0.357. The van der Waals surface area contributed by atoms with Crippen LogP contribution in [0.25, 0.3) is 11.5 Å². The second kappa shape index (κ2) is 6.20. The lowest BCUT2D eigenvalue weighted by Gasteiger charge is -2.09. The van der Waals surface area contributed by atoms with E-state index in [0.717, 1.165) is 12.1 Å². The van der Waals surface area contributed by atoms with Gasteiger partial charge in [-0.05, 0) is 24.6 Å². The number of halogens is 4. The van der Waals surface area contributed by atoms with E-state index in [1.54, 1.807) is 4.90 Å². The molecule has 1 unspecified atom stereocenters. The molecule has 1 aliphatic heterocycles. The molecular weight excluding hydrogens is 349 g/mol. The third-order valence-electron chi connectivity index (χ3n) is 3.49. The highest BCUT2D eigenvalue weighted by Gasteiger charge is 2.32. The Morgan fingerprint density at radius 1 is 1.38 bits per heavy atom. The zero-order valence-corrected chi connectivity index (χ0v) is 12.8. The van der Waals surface area contributed by atoms with Gasteiger partial charge >= 0.3 is 6.36 Å². The third kappa shape index (κ3) is 3.71. The van der Waals surface area contributed by atoms with Gasteiger partial charge in [0, 0.05) is 29.6 Å². The molecule has 6 nitrogen and oxygen atoms in total. The summed E-state index contributed by atoms with van der Waals surface area (Å²) < 4.78 is 46.0. The van der Waals surface area contributed by atoms with Crippen molar-refractivity contribution in [1.82, 2.24) is 15.0 Å². The molecule has 1 fully saturated rings. The summed E-state index contributed by atoms with van der Waals surface area (Å²) in [6, 6.07) is 3.56. The van der Waals surface area contributed by atoms with E-state index in [-0.39, 0.29) is 22.4 Å². The normalized spacial score (nSPS) is 17.8. The van der Waals surface area contributed by atoms with Gasteiger partial charge in [-0.25, -0.2) is 0 Å². The first kappa shape index (κ1) is 16.4. The van der Waals surface area contributed by atoms with Crippen LogP contribution in [0.15, 0.2) is 22.7 Å². The monoisotopic (exact) mass is 358 g/mol. The first-order chi connectivity index (χ1) is 11.3. The van der Waals surface area contributed by atoms with E-state index < -0.39 is 12.1 Å². The van der Waals surface area contributed by atoms with Gasteiger partial charge in [0.25, 0.3) is 5.89 Å². The van der Waals surface area contributed by atoms with Crippen LogP contribution in [0, 0.1) is 11.5 Å². The molecule has 0 amide bonds. The van der Waals surface area contributed by atoms with Crippen LogP contribution in [0.5, 0.6) is 5.75 Å². The largest absolute Gasteiger partial charge is 0.573 e. The SMILES string of the molecule is N#CN1CCC(c2noc(-c3cc(Cl)cc(OC(F)(F)F)c3)n2)C1. The molecule has 0 aliphatic carbocycles. The lowest BCUT2D eigenvalue weighted by atomic mass is 10.1. The highest BCUT2D eigenvalue weighted by molar-refractivity contribution is 6.31. The predicted octanol–water partition coefficient (Wildman–Crippen LogP) is 3.56. The molecule has 0 N–H and O–H groups in total. The van der Waals surface area contributed by atoms with Crippen molar-refractivity contribution in [2.75, 3.05) is 13.1 Å². The Hall–Kier alpha value is -2.47. The second-order valence-corrected chi connectivity index (χ2v) is 5.65. The number of nitrogens with zero attached hydrogens (tertiary/aromatic N) is 4. The fourth-order valence-electron chi connectivity index (χ4n) is 2.46. The van der Waals surface area contributed by atoms with E-state index in [0.29, 0.717) is 25.3 Å². The zero-order valence-electron chi connectivity index (χ0n) is 12.0. The summed E-state index contributed by atoms with van der Waals surface area (Å²) in [4.78, 5) is 5.78. The van der Waals surface area contributed by atoms with Crippen molar-refractivity contribution >= 4 is 11.6 Å². The van der Waals surface area contributed by atoms with Crippen LogP contribution in [-0.2, 0) is 0 Å². The highest BCUT2D eigenvalue weighted by Crippen LogP contribution is 2.32. The maximum atomic E-state index is 12.3. The van der Waals surface area contributed by atoms with Gasteiger partial charge in [0.05, 0.1) is 0 Å². The predicted molar refractivity (Wildman–Crippen MR) is 76.0 cm³/mol. The Kier molecular flexibility index (Phi) is 4.24. The summed E-state index contributed by atoms with van der Waals surface area (Å²) in [5.74, 6) is -0.0931. The summed E-state index contributed by atoms with van der Waals surface area (Å²) in [6.45, 7) is 1.08. The molecule has 1 aromatic heterocycles. The van der Waals surface area contributed by atoms with E-state index in [2.05, 4.69) is 14.9 Å². The summed E-state index contributed by atoms with van der Waals surface area (Å²) >= 11 is 5.82. The Bertz CT molecular complexity index is 787. The average Bonchev–Trinajstić information content (AvgIpc) is 3.13. The van der Waals surface area contributed by atoms with E-state index >= 15 is 0 Å². The summed E-state index contributed by atoms with van der Waals surface area (Å²) in [5, 5.41) is 12.8. The number of rotatable bonds is 3. The van der Waals surface area contributed by atoms with Gasteiger partial charge in [0.1, 0.15) is 5.75 Å². The minimum absolute atomic E-state index is 0.0370. The van der Waals surface area contributed by atoms with E-state index in [1.165, 1.54) is 6.07 Å². The summed E-state index contributed by atoms with van der Waals surface area (Å²) in [6.07, 6.45) is -2.08. The first-order valence-corrected chi connectivity index (χ1v) is 7.27. The van der Waals surface area contributed by atoms with Crippen molar-refractivity contribution in [2.24, 2.45) is 0 Å². The van der Waals surface area contributed by atoms with Gasteiger partial charge in [-0.2, -0.15) is 10.2 Å². The molecular formula is C14H10ClF3N4O2. The third-order valence-corrected chi connectivity index (χ3v) is 3.71. The van der Waals surface area contributed by atoms with Crippen LogP contribution in [0.4, 0.5) is 13.2 Å². The standard InChI is InChI=1S/C14H10ClF3N4O2/c15-10-3-9(4-11(5-10)23-14(16,17)18)13-20-12(21-24-13)8-1-2-22(6-8)7-19/h3-5,8H,1-2,6H2. The highest BCUT2D eigenvalue weighted by atomic mass is 35.5. The van der Waals surface area contributed by atoms with Crippen molar-refractivity contribution < 1.29 is 22.4 Å². The van der Waals surface area contributed by atoms with Crippen LogP contribution in [0.3, 0.4) is 0 Å². The number of hydrogen-bond donors (Lipinski definition) is 0. The Morgan fingerprint density at radius 2 is 2.17 bits per heavy atom. The van der Waals surface area contributed by atoms with Crippen LogP contribution >= 0.6 is 11.6 Å². The Balaban J connectivity index is 1.84. The lowest BCUT2D eigenvalue weighted by molar-refractivity contribution is -0.274. The van der Waals surface area contributed by atoms with Crippen molar-refractivity contribution in [3.63, 3.8) is 0 Å². The number of benzene rings is 1. The minimum Gasteiger partial charge on any atom is -0.406 e. The van der Waals surface area contributed by atoms with Crippen LogP contribution < -0.4 is 4.74 Å². The van der Waals surface area contributed by atoms with E-state index in [9.17, 15) is 13.2 Å². The Morgan fingerprint density at radius 3 is 2.83 bits per heavy atom. The van der Waals surface area contributed by atoms with Gasteiger partial charge in [0.15, 0.2) is 12.0 Å². The van der Waals surface area contributed by atoms with Crippen LogP contribution in [0.1, 0.15) is 18.2 Å². The maximum Gasteiger partial charge on any atom is 0.573 e. The fourth-order valence-corrected chi connectivity index (χ4v) is 2.68. The van der Waals surface area contributed by atoms with Crippen molar-refractivity contribution in [3.05, 3.63) is 29.0 Å². The molecule has 10 heteroatoms. The van der Waals surface area contributed by atoms with Crippen LogP contribution in [0.2, 0.25) is 5.02 Å². The molecule has 0 bridgehead atoms. The van der Waals surface area contributed by atoms with E-state index in [4.69, 9.17) is 21.4 Å². The van der Waals surface area contributed by atoms with Crippen molar-refractivity contribution in [1.29, 1.82) is 5.26 Å². The maximum absolute atomic E-state index is 12.3. The summed E-state index contributed by atoms with van der Waals surface area (Å²) in [7, 11) is 0. The molecule has 24 heavy (non-hydrogen) atoms. The van der Waals surface area contributed by atoms with Gasteiger partial charge < -0.3 is 14.2 Å². The number of alkyl halides is 3.